The van der Waals surface area contributed by atoms with Crippen LogP contribution in [0.15, 0.2) is 29.9 Å². The summed E-state index contributed by atoms with van der Waals surface area (Å²) >= 11 is 1.58. The van der Waals surface area contributed by atoms with E-state index in [0.717, 1.165) is 28.5 Å². The fourth-order valence-corrected chi connectivity index (χ4v) is 2.38. The van der Waals surface area contributed by atoms with Crippen molar-refractivity contribution in [3.05, 3.63) is 40.3 Å². The second-order valence-corrected chi connectivity index (χ2v) is 5.35. The zero-order valence-electron chi connectivity index (χ0n) is 12.3. The van der Waals surface area contributed by atoms with Crippen LogP contribution in [0.5, 0.6) is 11.5 Å². The highest BCUT2D eigenvalue weighted by atomic mass is 32.1. The number of methoxy groups -OCH3 is 2. The third-order valence-electron chi connectivity index (χ3n) is 2.92. The SMILES string of the molecule is COCCNCc1cccc(OC)c1OCc1cncs1. The molecule has 0 atom stereocenters. The van der Waals surface area contributed by atoms with Crippen LogP contribution in [0.4, 0.5) is 0 Å². The molecule has 21 heavy (non-hydrogen) atoms. The maximum atomic E-state index is 5.93. The number of para-hydroxylation sites is 1. The molecule has 1 aromatic heterocycles. The summed E-state index contributed by atoms with van der Waals surface area (Å²) in [5, 5.41) is 3.32. The second-order valence-electron chi connectivity index (χ2n) is 4.37. The van der Waals surface area contributed by atoms with E-state index in [1.165, 1.54) is 0 Å². The fourth-order valence-electron chi connectivity index (χ4n) is 1.88. The van der Waals surface area contributed by atoms with Crippen LogP contribution < -0.4 is 14.8 Å². The Morgan fingerprint density at radius 3 is 2.90 bits per heavy atom. The van der Waals surface area contributed by atoms with Gasteiger partial charge in [-0.1, -0.05) is 12.1 Å². The third kappa shape index (κ3) is 4.70. The lowest BCUT2D eigenvalue weighted by molar-refractivity contribution is 0.199. The number of aromatic nitrogens is 1. The summed E-state index contributed by atoms with van der Waals surface area (Å²) in [6.45, 7) is 2.68. The zero-order valence-corrected chi connectivity index (χ0v) is 13.1. The highest BCUT2D eigenvalue weighted by Crippen LogP contribution is 2.32. The van der Waals surface area contributed by atoms with Crippen molar-refractivity contribution in [1.82, 2.24) is 10.3 Å². The highest BCUT2D eigenvalue weighted by Gasteiger charge is 2.11. The topological polar surface area (TPSA) is 52.6 Å². The molecule has 0 aliphatic carbocycles. The monoisotopic (exact) mass is 308 g/mol. The molecule has 0 spiro atoms. The van der Waals surface area contributed by atoms with Crippen LogP contribution in [0.2, 0.25) is 0 Å². The minimum Gasteiger partial charge on any atom is -0.493 e. The van der Waals surface area contributed by atoms with Crippen LogP contribution in [0.25, 0.3) is 0 Å². The Hall–Kier alpha value is -1.63. The second kappa shape index (κ2) is 8.61. The average molecular weight is 308 g/mol. The highest BCUT2D eigenvalue weighted by molar-refractivity contribution is 7.09. The summed E-state index contributed by atoms with van der Waals surface area (Å²) in [5.74, 6) is 1.52. The van der Waals surface area contributed by atoms with Crippen LogP contribution in [-0.2, 0) is 17.9 Å². The maximum absolute atomic E-state index is 5.93. The minimum atomic E-state index is 0.496. The van der Waals surface area contributed by atoms with Gasteiger partial charge in [0.05, 0.1) is 24.1 Å². The van der Waals surface area contributed by atoms with Crippen LogP contribution in [0, 0.1) is 0 Å². The lowest BCUT2D eigenvalue weighted by Crippen LogP contribution is -2.19. The van der Waals surface area contributed by atoms with Gasteiger partial charge in [-0.2, -0.15) is 0 Å². The van der Waals surface area contributed by atoms with E-state index in [2.05, 4.69) is 10.3 Å². The molecule has 0 aliphatic heterocycles. The van der Waals surface area contributed by atoms with Gasteiger partial charge in [-0.15, -0.1) is 11.3 Å². The zero-order chi connectivity index (χ0) is 14.9. The molecule has 2 rings (SSSR count). The molecular weight excluding hydrogens is 288 g/mol. The van der Waals surface area contributed by atoms with Crippen molar-refractivity contribution in [3.8, 4) is 11.5 Å². The van der Waals surface area contributed by atoms with Crippen LogP contribution >= 0.6 is 11.3 Å². The molecule has 0 saturated heterocycles. The summed E-state index contributed by atoms with van der Waals surface area (Å²) in [7, 11) is 3.34. The quantitative estimate of drug-likeness (QED) is 0.721. The van der Waals surface area contributed by atoms with E-state index in [4.69, 9.17) is 14.2 Å². The predicted molar refractivity (Wildman–Crippen MR) is 83.0 cm³/mol. The molecule has 1 aromatic carbocycles. The lowest BCUT2D eigenvalue weighted by atomic mass is 10.2. The molecule has 0 aliphatic rings. The Labute approximate surface area is 128 Å². The molecule has 114 valence electrons. The number of hydrogen-bond donors (Lipinski definition) is 1. The predicted octanol–water partition coefficient (Wildman–Crippen LogP) is 2.47. The van der Waals surface area contributed by atoms with Gasteiger partial charge in [-0.3, -0.25) is 4.98 Å². The van der Waals surface area contributed by atoms with Crippen molar-refractivity contribution >= 4 is 11.3 Å². The number of nitrogens with one attached hydrogen (secondary N) is 1. The Bertz CT molecular complexity index is 532. The summed E-state index contributed by atoms with van der Waals surface area (Å²) < 4.78 is 16.4. The number of benzene rings is 1. The van der Waals surface area contributed by atoms with Crippen molar-refractivity contribution in [2.45, 2.75) is 13.2 Å². The number of thiazole rings is 1. The first kappa shape index (κ1) is 15.8. The van der Waals surface area contributed by atoms with Gasteiger partial charge >= 0.3 is 0 Å². The molecule has 0 radical (unpaired) electrons. The van der Waals surface area contributed by atoms with E-state index < -0.39 is 0 Å². The van der Waals surface area contributed by atoms with E-state index in [-0.39, 0.29) is 0 Å². The van der Waals surface area contributed by atoms with Crippen molar-refractivity contribution in [3.63, 3.8) is 0 Å². The minimum absolute atomic E-state index is 0.496. The molecule has 2 aromatic rings. The van der Waals surface area contributed by atoms with E-state index in [0.29, 0.717) is 19.8 Å². The van der Waals surface area contributed by atoms with Crippen LogP contribution in [0.1, 0.15) is 10.4 Å². The fraction of sp³-hybridized carbons (Fsp3) is 0.400. The first-order valence-electron chi connectivity index (χ1n) is 6.71. The first-order chi connectivity index (χ1) is 10.3. The van der Waals surface area contributed by atoms with Crippen molar-refractivity contribution in [2.75, 3.05) is 27.4 Å². The van der Waals surface area contributed by atoms with Crippen molar-refractivity contribution in [1.29, 1.82) is 0 Å². The van der Waals surface area contributed by atoms with Crippen LogP contribution in [-0.4, -0.2) is 32.4 Å². The van der Waals surface area contributed by atoms with E-state index >= 15 is 0 Å². The number of ether oxygens (including phenoxy) is 3. The Morgan fingerprint density at radius 2 is 2.19 bits per heavy atom. The summed E-state index contributed by atoms with van der Waals surface area (Å²) in [6, 6.07) is 5.90. The van der Waals surface area contributed by atoms with Gasteiger partial charge in [0.1, 0.15) is 6.61 Å². The van der Waals surface area contributed by atoms with E-state index in [9.17, 15) is 0 Å². The smallest absolute Gasteiger partial charge is 0.166 e. The molecule has 0 unspecified atom stereocenters. The first-order valence-corrected chi connectivity index (χ1v) is 7.58. The van der Waals surface area contributed by atoms with Gasteiger partial charge in [0.2, 0.25) is 0 Å². The summed E-state index contributed by atoms with van der Waals surface area (Å²) in [6.07, 6.45) is 1.82. The molecule has 6 heteroatoms. The van der Waals surface area contributed by atoms with Crippen molar-refractivity contribution in [2.24, 2.45) is 0 Å². The Balaban J connectivity index is 2.04. The van der Waals surface area contributed by atoms with E-state index in [1.807, 2.05) is 24.4 Å². The molecule has 1 N–H and O–H groups in total. The standard InChI is InChI=1S/C15H20N2O3S/c1-18-7-6-16-8-12-4-3-5-14(19-2)15(12)20-10-13-9-17-11-21-13/h3-5,9,11,16H,6-8,10H2,1-2H3. The maximum Gasteiger partial charge on any atom is 0.166 e. The normalized spacial score (nSPS) is 10.6. The van der Waals surface area contributed by atoms with Gasteiger partial charge in [0.15, 0.2) is 11.5 Å². The third-order valence-corrected chi connectivity index (χ3v) is 3.67. The molecular formula is C15H20N2O3S. The van der Waals surface area contributed by atoms with Gasteiger partial charge < -0.3 is 19.5 Å². The van der Waals surface area contributed by atoms with Gasteiger partial charge in [-0.05, 0) is 6.07 Å². The lowest BCUT2D eigenvalue weighted by Gasteiger charge is -2.15. The number of hydrogen-bond acceptors (Lipinski definition) is 6. The molecule has 0 saturated carbocycles. The number of nitrogens with zero attached hydrogens (tertiary/aromatic N) is 1. The summed E-state index contributed by atoms with van der Waals surface area (Å²) in [4.78, 5) is 5.13. The summed E-state index contributed by atoms with van der Waals surface area (Å²) in [5.41, 5.74) is 2.86. The molecule has 1 heterocycles. The largest absolute Gasteiger partial charge is 0.493 e. The Morgan fingerprint density at radius 1 is 1.29 bits per heavy atom. The Kier molecular flexibility index (Phi) is 6.46. The van der Waals surface area contributed by atoms with Gasteiger partial charge in [-0.25, -0.2) is 0 Å². The van der Waals surface area contributed by atoms with E-state index in [1.54, 1.807) is 31.1 Å². The molecule has 5 nitrogen and oxygen atoms in total. The average Bonchev–Trinajstić information content (AvgIpc) is 3.03. The molecule has 0 bridgehead atoms. The van der Waals surface area contributed by atoms with Gasteiger partial charge in [0.25, 0.3) is 0 Å². The van der Waals surface area contributed by atoms with Gasteiger partial charge in [0, 0.05) is 32.0 Å². The number of rotatable bonds is 9. The molecule has 0 fully saturated rings. The molecule has 0 amide bonds. The van der Waals surface area contributed by atoms with Crippen LogP contribution in [0.3, 0.4) is 0 Å². The van der Waals surface area contributed by atoms with Crippen molar-refractivity contribution < 1.29 is 14.2 Å².